The van der Waals surface area contributed by atoms with Crippen molar-refractivity contribution in [3.8, 4) is 11.1 Å². The molecule has 154 valence electrons. The van der Waals surface area contributed by atoms with Gasteiger partial charge in [0, 0.05) is 16.4 Å². The third-order valence-electron chi connectivity index (χ3n) is 5.06. The summed E-state index contributed by atoms with van der Waals surface area (Å²) in [6.07, 6.45) is 0. The molecule has 6 nitrogen and oxygen atoms in total. The van der Waals surface area contributed by atoms with Crippen molar-refractivity contribution in [2.24, 2.45) is 0 Å². The minimum atomic E-state index is -1.14. The topological polar surface area (TPSA) is 85.3 Å². The van der Waals surface area contributed by atoms with Crippen LogP contribution in [0.3, 0.4) is 0 Å². The third-order valence-corrected chi connectivity index (χ3v) is 6.06. The van der Waals surface area contributed by atoms with E-state index < -0.39 is 5.97 Å². The van der Waals surface area contributed by atoms with Gasteiger partial charge in [-0.1, -0.05) is 43.7 Å². The van der Waals surface area contributed by atoms with E-state index in [1.807, 2.05) is 52.0 Å². The summed E-state index contributed by atoms with van der Waals surface area (Å²) >= 11 is 1.52. The Morgan fingerprint density at radius 1 is 1.17 bits per heavy atom. The molecule has 0 aliphatic heterocycles. The molecule has 0 bridgehead atoms. The number of thiophene rings is 1. The van der Waals surface area contributed by atoms with Gasteiger partial charge in [0.2, 0.25) is 5.76 Å². The van der Waals surface area contributed by atoms with Gasteiger partial charge < -0.3 is 9.52 Å². The molecule has 0 aliphatic rings. The maximum atomic E-state index is 13.6. The number of furan rings is 1. The van der Waals surface area contributed by atoms with Crippen LogP contribution in [-0.4, -0.2) is 20.6 Å². The maximum absolute atomic E-state index is 13.6. The first-order valence-electron chi connectivity index (χ1n) is 9.69. The number of aromatic nitrogens is 2. The van der Waals surface area contributed by atoms with E-state index >= 15 is 0 Å². The Bertz CT molecular complexity index is 1310. The van der Waals surface area contributed by atoms with Crippen LogP contribution < -0.4 is 5.56 Å². The molecule has 4 aromatic rings. The van der Waals surface area contributed by atoms with E-state index in [1.165, 1.54) is 17.4 Å². The molecular formula is C23H22N2O4S. The quantitative estimate of drug-likeness (QED) is 0.477. The smallest absolute Gasteiger partial charge is 0.371 e. The predicted octanol–water partition coefficient (Wildman–Crippen LogP) is 5.20. The number of aryl methyl sites for hydroxylation is 2. The van der Waals surface area contributed by atoms with Gasteiger partial charge in [0.25, 0.3) is 5.56 Å². The second-order valence-electron chi connectivity index (χ2n) is 7.67. The van der Waals surface area contributed by atoms with Crippen LogP contribution in [0.5, 0.6) is 0 Å². The van der Waals surface area contributed by atoms with Gasteiger partial charge in [-0.25, -0.2) is 9.78 Å². The lowest BCUT2D eigenvalue weighted by Crippen LogP contribution is -2.26. The number of carbonyl (C=O) groups is 1. The van der Waals surface area contributed by atoms with E-state index in [-0.39, 0.29) is 23.8 Å². The molecule has 1 N–H and O–H groups in total. The van der Waals surface area contributed by atoms with Gasteiger partial charge in [-0.3, -0.25) is 9.36 Å². The molecule has 1 aromatic carbocycles. The Kier molecular flexibility index (Phi) is 5.07. The maximum Gasteiger partial charge on any atom is 0.371 e. The second kappa shape index (κ2) is 7.57. The first-order valence-corrected chi connectivity index (χ1v) is 10.5. The summed E-state index contributed by atoms with van der Waals surface area (Å²) in [4.78, 5) is 31.4. The van der Waals surface area contributed by atoms with Gasteiger partial charge in [-0.2, -0.15) is 0 Å². The minimum absolute atomic E-state index is 0.0150. The van der Waals surface area contributed by atoms with Crippen LogP contribution >= 0.6 is 11.3 Å². The first-order chi connectivity index (χ1) is 14.3. The molecule has 0 radical (unpaired) electrons. The van der Waals surface area contributed by atoms with Crippen LogP contribution in [0.1, 0.15) is 52.3 Å². The van der Waals surface area contributed by atoms with Gasteiger partial charge >= 0.3 is 5.97 Å². The van der Waals surface area contributed by atoms with Crippen molar-refractivity contribution in [3.63, 3.8) is 0 Å². The molecule has 0 saturated carbocycles. The van der Waals surface area contributed by atoms with E-state index in [4.69, 9.17) is 14.5 Å². The van der Waals surface area contributed by atoms with E-state index in [2.05, 4.69) is 0 Å². The predicted molar refractivity (Wildman–Crippen MR) is 118 cm³/mol. The van der Waals surface area contributed by atoms with Crippen LogP contribution in [0.2, 0.25) is 0 Å². The molecule has 7 heteroatoms. The summed E-state index contributed by atoms with van der Waals surface area (Å²) in [6, 6.07) is 11.1. The van der Waals surface area contributed by atoms with E-state index in [1.54, 1.807) is 10.6 Å². The molecule has 0 saturated heterocycles. The molecule has 3 heterocycles. The summed E-state index contributed by atoms with van der Waals surface area (Å²) in [7, 11) is 0. The number of carboxylic acids is 1. The molecule has 0 amide bonds. The highest BCUT2D eigenvalue weighted by Crippen LogP contribution is 2.36. The summed E-state index contributed by atoms with van der Waals surface area (Å²) in [5.74, 6) is -0.216. The summed E-state index contributed by atoms with van der Waals surface area (Å²) < 4.78 is 7.00. The molecule has 0 unspecified atom stereocenters. The average molecular weight is 423 g/mol. The van der Waals surface area contributed by atoms with Gasteiger partial charge in [0.1, 0.15) is 16.4 Å². The number of aromatic carboxylic acids is 1. The van der Waals surface area contributed by atoms with Crippen molar-refractivity contribution in [3.05, 3.63) is 74.5 Å². The number of fused-ring (bicyclic) bond motifs is 1. The number of rotatable bonds is 5. The fraction of sp³-hybridized carbons (Fsp3) is 0.261. The Morgan fingerprint density at radius 3 is 2.47 bits per heavy atom. The number of hydrogen-bond acceptors (Lipinski definition) is 5. The lowest BCUT2D eigenvalue weighted by atomic mass is 10.0. The SMILES string of the molecule is Cc1ccc(-c2c(C)sc3nc(C(C)C)n(Cc4ccc(C(=O)O)o4)c(=O)c23)cc1. The van der Waals surface area contributed by atoms with Crippen LogP contribution in [-0.2, 0) is 6.54 Å². The standard InChI is InChI=1S/C23H22N2O4S/c1-12(2)20-24-21-19(18(14(4)30-21)15-7-5-13(3)6-8-15)22(26)25(20)11-16-9-10-17(29-16)23(27)28/h5-10,12H,11H2,1-4H3,(H,27,28). The van der Waals surface area contributed by atoms with Crippen LogP contribution in [0, 0.1) is 13.8 Å². The number of hydrogen-bond donors (Lipinski definition) is 1. The molecule has 3 aromatic heterocycles. The Balaban J connectivity index is 1.94. The van der Waals surface area contributed by atoms with Crippen molar-refractivity contribution in [1.29, 1.82) is 0 Å². The fourth-order valence-corrected chi connectivity index (χ4v) is 4.65. The Labute approximate surface area is 177 Å². The second-order valence-corrected chi connectivity index (χ2v) is 8.87. The number of carboxylic acid groups (broad SMARTS) is 1. The van der Waals surface area contributed by atoms with Crippen molar-refractivity contribution in [2.45, 2.75) is 40.2 Å². The summed E-state index contributed by atoms with van der Waals surface area (Å²) in [5, 5.41) is 9.71. The molecule has 4 rings (SSSR count). The Hall–Kier alpha value is -3.19. The highest BCUT2D eigenvalue weighted by Gasteiger charge is 2.22. The summed E-state index contributed by atoms with van der Waals surface area (Å²) in [5.41, 5.74) is 2.90. The van der Waals surface area contributed by atoms with Crippen molar-refractivity contribution < 1.29 is 14.3 Å². The molecule has 30 heavy (non-hydrogen) atoms. The lowest BCUT2D eigenvalue weighted by Gasteiger charge is -2.14. The molecule has 0 aliphatic carbocycles. The lowest BCUT2D eigenvalue weighted by molar-refractivity contribution is 0.0660. The molecule has 0 fully saturated rings. The largest absolute Gasteiger partial charge is 0.475 e. The highest BCUT2D eigenvalue weighted by molar-refractivity contribution is 7.19. The van der Waals surface area contributed by atoms with Crippen molar-refractivity contribution in [1.82, 2.24) is 9.55 Å². The van der Waals surface area contributed by atoms with Gasteiger partial charge in [0.05, 0.1) is 11.9 Å². The zero-order valence-electron chi connectivity index (χ0n) is 17.2. The molecular weight excluding hydrogens is 400 g/mol. The van der Waals surface area contributed by atoms with Crippen LogP contribution in [0.15, 0.2) is 45.6 Å². The Morgan fingerprint density at radius 2 is 1.87 bits per heavy atom. The highest BCUT2D eigenvalue weighted by atomic mass is 32.1. The van der Waals surface area contributed by atoms with E-state index in [0.717, 1.165) is 26.4 Å². The van der Waals surface area contributed by atoms with Crippen molar-refractivity contribution >= 4 is 27.5 Å². The van der Waals surface area contributed by atoms with E-state index in [0.29, 0.717) is 17.0 Å². The zero-order chi connectivity index (χ0) is 21.6. The first kappa shape index (κ1) is 20.1. The monoisotopic (exact) mass is 422 g/mol. The van der Waals surface area contributed by atoms with Gasteiger partial charge in [-0.05, 0) is 31.5 Å². The average Bonchev–Trinajstić information content (AvgIpc) is 3.29. The normalized spacial score (nSPS) is 11.5. The van der Waals surface area contributed by atoms with Crippen molar-refractivity contribution in [2.75, 3.05) is 0 Å². The van der Waals surface area contributed by atoms with Gasteiger partial charge in [-0.15, -0.1) is 11.3 Å². The summed E-state index contributed by atoms with van der Waals surface area (Å²) in [6.45, 7) is 8.13. The fourth-order valence-electron chi connectivity index (χ4n) is 3.61. The number of benzene rings is 1. The van der Waals surface area contributed by atoms with E-state index in [9.17, 15) is 9.59 Å². The third kappa shape index (κ3) is 3.45. The minimum Gasteiger partial charge on any atom is -0.475 e. The molecule has 0 spiro atoms. The molecule has 0 atom stereocenters. The van der Waals surface area contributed by atoms with Gasteiger partial charge in [0.15, 0.2) is 0 Å². The zero-order valence-corrected chi connectivity index (χ0v) is 18.0. The number of nitrogens with zero attached hydrogens (tertiary/aromatic N) is 2. The van der Waals surface area contributed by atoms with Crippen LogP contribution in [0.25, 0.3) is 21.3 Å². The van der Waals surface area contributed by atoms with Crippen LogP contribution in [0.4, 0.5) is 0 Å².